The molecule has 1 aliphatic heterocycles. The topological polar surface area (TPSA) is 48.9 Å². The van der Waals surface area contributed by atoms with Crippen LogP contribution in [-0.2, 0) is 4.74 Å². The van der Waals surface area contributed by atoms with Gasteiger partial charge in [0.05, 0.1) is 0 Å². The van der Waals surface area contributed by atoms with E-state index in [1.807, 2.05) is 19.1 Å². The highest BCUT2D eigenvalue weighted by molar-refractivity contribution is 14.0. The normalized spacial score (nSPS) is 20.5. The molecule has 5 nitrogen and oxygen atoms in total. The standard InChI is InChI=1S/C21H35ClN4O.HI/c1-4-23-21(24-12-8-14-27-5-2)25-16-18-10-7-13-26(3)20(18)17-9-6-11-19(22)15-17;/h6,9,11,15,18,20H,4-5,7-8,10,12-14,16H2,1-3H3,(H2,23,24,25);1H. The molecule has 7 heteroatoms. The van der Waals surface area contributed by atoms with Gasteiger partial charge < -0.3 is 15.4 Å². The number of ether oxygens (including phenoxy) is 1. The fraction of sp³-hybridized carbons (Fsp3) is 0.667. The summed E-state index contributed by atoms with van der Waals surface area (Å²) < 4.78 is 5.40. The molecule has 2 N–H and O–H groups in total. The van der Waals surface area contributed by atoms with Gasteiger partial charge in [0.1, 0.15) is 0 Å². The van der Waals surface area contributed by atoms with Crippen LogP contribution < -0.4 is 10.6 Å². The average molecular weight is 523 g/mol. The molecule has 0 bridgehead atoms. The molecule has 1 saturated heterocycles. The van der Waals surface area contributed by atoms with Crippen LogP contribution in [0.25, 0.3) is 0 Å². The molecule has 1 aromatic carbocycles. The van der Waals surface area contributed by atoms with E-state index in [4.69, 9.17) is 21.3 Å². The molecular formula is C21H36ClIN4O. The largest absolute Gasteiger partial charge is 0.382 e. The summed E-state index contributed by atoms with van der Waals surface area (Å²) in [5.41, 5.74) is 1.29. The summed E-state index contributed by atoms with van der Waals surface area (Å²) >= 11 is 6.25. The molecule has 0 saturated carbocycles. The van der Waals surface area contributed by atoms with Crippen molar-refractivity contribution >= 4 is 41.5 Å². The molecule has 0 aliphatic carbocycles. The minimum Gasteiger partial charge on any atom is -0.382 e. The molecule has 1 fully saturated rings. The summed E-state index contributed by atoms with van der Waals surface area (Å²) in [5.74, 6) is 1.38. The smallest absolute Gasteiger partial charge is 0.191 e. The van der Waals surface area contributed by atoms with E-state index in [-0.39, 0.29) is 24.0 Å². The van der Waals surface area contributed by atoms with E-state index < -0.39 is 0 Å². The highest BCUT2D eigenvalue weighted by atomic mass is 127. The number of hydrogen-bond acceptors (Lipinski definition) is 3. The zero-order chi connectivity index (χ0) is 19.5. The first kappa shape index (κ1) is 25.5. The van der Waals surface area contributed by atoms with E-state index in [0.717, 1.165) is 56.8 Å². The Kier molecular flexibility index (Phi) is 13.1. The van der Waals surface area contributed by atoms with Gasteiger partial charge in [-0.2, -0.15) is 0 Å². The highest BCUT2D eigenvalue weighted by Gasteiger charge is 2.30. The number of piperidine rings is 1. The van der Waals surface area contributed by atoms with E-state index in [9.17, 15) is 0 Å². The Morgan fingerprint density at radius 1 is 1.32 bits per heavy atom. The Labute approximate surface area is 192 Å². The second-order valence-corrected chi connectivity index (χ2v) is 7.52. The first-order chi connectivity index (χ1) is 13.2. The van der Waals surface area contributed by atoms with Crippen molar-refractivity contribution < 1.29 is 4.74 Å². The number of hydrogen-bond donors (Lipinski definition) is 2. The minimum atomic E-state index is 0. The number of aliphatic imine (C=N–C) groups is 1. The van der Waals surface area contributed by atoms with Gasteiger partial charge in [-0.3, -0.25) is 9.89 Å². The molecule has 2 rings (SSSR count). The van der Waals surface area contributed by atoms with Gasteiger partial charge in [-0.25, -0.2) is 0 Å². The van der Waals surface area contributed by atoms with Crippen LogP contribution in [0, 0.1) is 5.92 Å². The number of benzene rings is 1. The van der Waals surface area contributed by atoms with Gasteiger partial charge in [-0.15, -0.1) is 24.0 Å². The van der Waals surface area contributed by atoms with E-state index >= 15 is 0 Å². The second-order valence-electron chi connectivity index (χ2n) is 7.08. The van der Waals surface area contributed by atoms with Crippen molar-refractivity contribution in [3.63, 3.8) is 0 Å². The first-order valence-corrected chi connectivity index (χ1v) is 10.6. The van der Waals surface area contributed by atoms with Gasteiger partial charge in [0.2, 0.25) is 0 Å². The fourth-order valence-corrected chi connectivity index (χ4v) is 3.94. The van der Waals surface area contributed by atoms with Gasteiger partial charge in [0, 0.05) is 43.9 Å². The van der Waals surface area contributed by atoms with Gasteiger partial charge >= 0.3 is 0 Å². The van der Waals surface area contributed by atoms with Crippen LogP contribution in [-0.4, -0.2) is 57.3 Å². The summed E-state index contributed by atoms with van der Waals surface area (Å²) in [6, 6.07) is 8.64. The van der Waals surface area contributed by atoms with Crippen molar-refractivity contribution in [1.82, 2.24) is 15.5 Å². The lowest BCUT2D eigenvalue weighted by molar-refractivity contribution is 0.125. The lowest BCUT2D eigenvalue weighted by atomic mass is 9.85. The number of nitrogens with one attached hydrogen (secondary N) is 2. The maximum Gasteiger partial charge on any atom is 0.191 e. The molecule has 160 valence electrons. The lowest BCUT2D eigenvalue weighted by Gasteiger charge is -2.39. The molecule has 0 spiro atoms. The molecule has 1 heterocycles. The highest BCUT2D eigenvalue weighted by Crippen LogP contribution is 2.36. The van der Waals surface area contributed by atoms with Crippen LogP contribution in [0.2, 0.25) is 5.02 Å². The third-order valence-corrected chi connectivity index (χ3v) is 5.22. The number of guanidine groups is 1. The van der Waals surface area contributed by atoms with Crippen molar-refractivity contribution in [2.75, 3.05) is 46.4 Å². The third-order valence-electron chi connectivity index (χ3n) is 4.99. The van der Waals surface area contributed by atoms with Crippen molar-refractivity contribution in [2.45, 2.75) is 39.2 Å². The van der Waals surface area contributed by atoms with Crippen LogP contribution in [0.5, 0.6) is 0 Å². The minimum absolute atomic E-state index is 0. The van der Waals surface area contributed by atoms with E-state index in [0.29, 0.717) is 12.0 Å². The Morgan fingerprint density at radius 3 is 2.86 bits per heavy atom. The van der Waals surface area contributed by atoms with E-state index in [1.165, 1.54) is 18.4 Å². The summed E-state index contributed by atoms with van der Waals surface area (Å²) in [5, 5.41) is 7.57. The summed E-state index contributed by atoms with van der Waals surface area (Å²) in [6.07, 6.45) is 3.39. The van der Waals surface area contributed by atoms with Crippen LogP contribution >= 0.6 is 35.6 Å². The monoisotopic (exact) mass is 522 g/mol. The zero-order valence-electron chi connectivity index (χ0n) is 17.4. The fourth-order valence-electron chi connectivity index (χ4n) is 3.74. The second kappa shape index (κ2) is 14.4. The van der Waals surface area contributed by atoms with Gasteiger partial charge in [-0.05, 0) is 70.3 Å². The maximum absolute atomic E-state index is 6.25. The van der Waals surface area contributed by atoms with E-state index in [1.54, 1.807) is 0 Å². The van der Waals surface area contributed by atoms with Crippen molar-refractivity contribution in [1.29, 1.82) is 0 Å². The Morgan fingerprint density at radius 2 is 2.14 bits per heavy atom. The number of halogens is 2. The van der Waals surface area contributed by atoms with Gasteiger partial charge in [0.25, 0.3) is 0 Å². The molecular weight excluding hydrogens is 487 g/mol. The molecule has 28 heavy (non-hydrogen) atoms. The first-order valence-electron chi connectivity index (χ1n) is 10.2. The van der Waals surface area contributed by atoms with Crippen LogP contribution in [0.4, 0.5) is 0 Å². The Balaban J connectivity index is 0.00000392. The van der Waals surface area contributed by atoms with Crippen molar-refractivity contribution in [2.24, 2.45) is 10.9 Å². The molecule has 2 atom stereocenters. The Hall–Kier alpha value is -0.570. The summed E-state index contributed by atoms with van der Waals surface area (Å²) in [7, 11) is 2.21. The van der Waals surface area contributed by atoms with Crippen LogP contribution in [0.15, 0.2) is 29.3 Å². The third kappa shape index (κ3) is 8.43. The van der Waals surface area contributed by atoms with Crippen molar-refractivity contribution in [3.05, 3.63) is 34.9 Å². The number of nitrogens with zero attached hydrogens (tertiary/aromatic N) is 2. The lowest BCUT2D eigenvalue weighted by Crippen LogP contribution is -2.40. The maximum atomic E-state index is 6.25. The SMILES string of the molecule is CCNC(=NCC1CCCN(C)C1c1cccc(Cl)c1)NCCCOCC.I. The molecule has 2 unspecified atom stereocenters. The average Bonchev–Trinajstić information content (AvgIpc) is 2.66. The van der Waals surface area contributed by atoms with Crippen LogP contribution in [0.3, 0.4) is 0 Å². The molecule has 1 aromatic rings. The summed E-state index contributed by atoms with van der Waals surface area (Å²) in [6.45, 7) is 9.33. The molecule has 1 aliphatic rings. The van der Waals surface area contributed by atoms with Crippen LogP contribution in [0.1, 0.15) is 44.7 Å². The Bertz CT molecular complexity index is 587. The predicted octanol–water partition coefficient (Wildman–Crippen LogP) is 4.32. The summed E-state index contributed by atoms with van der Waals surface area (Å²) in [4.78, 5) is 7.32. The molecule has 0 aromatic heterocycles. The zero-order valence-corrected chi connectivity index (χ0v) is 20.5. The molecule has 0 radical (unpaired) electrons. The number of likely N-dealkylation sites (tertiary alicyclic amines) is 1. The van der Waals surface area contributed by atoms with E-state index in [2.05, 4.69) is 41.6 Å². The molecule has 0 amide bonds. The number of rotatable bonds is 9. The quantitative estimate of drug-likeness (QED) is 0.219. The van der Waals surface area contributed by atoms with Gasteiger partial charge in [-0.1, -0.05) is 23.7 Å². The van der Waals surface area contributed by atoms with Gasteiger partial charge in [0.15, 0.2) is 5.96 Å². The van der Waals surface area contributed by atoms with Crippen molar-refractivity contribution in [3.8, 4) is 0 Å². The predicted molar refractivity (Wildman–Crippen MR) is 130 cm³/mol.